The van der Waals surface area contributed by atoms with Gasteiger partial charge in [0.05, 0.1) is 0 Å². The number of rotatable bonds is 3. The molecule has 4 nitrogen and oxygen atoms in total. The van der Waals surface area contributed by atoms with Crippen molar-refractivity contribution < 1.29 is 9.21 Å². The van der Waals surface area contributed by atoms with E-state index in [0.717, 1.165) is 11.2 Å². The van der Waals surface area contributed by atoms with Crippen LogP contribution in [0.5, 0.6) is 0 Å². The molecule has 100 valence electrons. The molecule has 20 heavy (non-hydrogen) atoms. The molecule has 0 aliphatic carbocycles. The number of fused-ring (bicyclic) bond motifs is 1. The number of nitrogens with one attached hydrogen (secondary N) is 1. The Kier molecular flexibility index (Phi) is 2.99. The topological polar surface area (TPSA) is 55.1 Å². The number of oxazole rings is 1. The van der Waals surface area contributed by atoms with E-state index in [-0.39, 0.29) is 5.78 Å². The van der Waals surface area contributed by atoms with Gasteiger partial charge in [-0.15, -0.1) is 0 Å². The molecular weight excluding hydrogens is 252 g/mol. The smallest absolute Gasteiger partial charge is 0.193 e. The first-order valence-electron chi connectivity index (χ1n) is 6.37. The van der Waals surface area contributed by atoms with E-state index >= 15 is 0 Å². The first-order chi connectivity index (χ1) is 9.67. The van der Waals surface area contributed by atoms with Gasteiger partial charge >= 0.3 is 0 Å². The molecule has 1 heterocycles. The minimum absolute atomic E-state index is 0.0296. The molecule has 0 aliphatic heterocycles. The number of carbonyl (C=O) groups is 1. The fourth-order valence-corrected chi connectivity index (χ4v) is 2.16. The van der Waals surface area contributed by atoms with E-state index < -0.39 is 0 Å². The predicted octanol–water partition coefficient (Wildman–Crippen LogP) is 3.41. The first-order valence-corrected chi connectivity index (χ1v) is 6.37. The summed E-state index contributed by atoms with van der Waals surface area (Å²) >= 11 is 0. The third kappa shape index (κ3) is 2.16. The zero-order chi connectivity index (χ0) is 14.1. The highest BCUT2D eigenvalue weighted by molar-refractivity contribution is 6.10. The maximum Gasteiger partial charge on any atom is 0.193 e. The van der Waals surface area contributed by atoms with Crippen molar-refractivity contribution in [3.05, 3.63) is 59.5 Å². The van der Waals surface area contributed by atoms with Crippen LogP contribution < -0.4 is 5.32 Å². The summed E-state index contributed by atoms with van der Waals surface area (Å²) in [6, 6.07) is 12.7. The number of carbonyl (C=O) groups excluding carboxylic acids is 1. The molecule has 0 fully saturated rings. The Bertz CT molecular complexity index is 790. The third-order valence-electron chi connectivity index (χ3n) is 3.17. The zero-order valence-corrected chi connectivity index (χ0v) is 11.3. The quantitative estimate of drug-likeness (QED) is 0.738. The third-order valence-corrected chi connectivity index (χ3v) is 3.17. The molecule has 1 aromatic heterocycles. The zero-order valence-electron chi connectivity index (χ0n) is 11.3. The molecule has 2 aromatic carbocycles. The highest BCUT2D eigenvalue weighted by atomic mass is 16.3. The van der Waals surface area contributed by atoms with Crippen molar-refractivity contribution in [1.29, 1.82) is 0 Å². The van der Waals surface area contributed by atoms with Gasteiger partial charge in [-0.05, 0) is 30.3 Å². The largest absolute Gasteiger partial charge is 0.441 e. The van der Waals surface area contributed by atoms with E-state index in [9.17, 15) is 4.79 Å². The van der Waals surface area contributed by atoms with Crippen LogP contribution >= 0.6 is 0 Å². The van der Waals surface area contributed by atoms with E-state index in [4.69, 9.17) is 4.42 Å². The number of hydrogen-bond donors (Lipinski definition) is 1. The summed E-state index contributed by atoms with van der Waals surface area (Å²) in [7, 11) is 1.83. The van der Waals surface area contributed by atoms with Crippen molar-refractivity contribution in [3.8, 4) is 0 Å². The van der Waals surface area contributed by atoms with Gasteiger partial charge in [-0.25, -0.2) is 4.98 Å². The number of ketones is 1. The fourth-order valence-electron chi connectivity index (χ4n) is 2.16. The lowest BCUT2D eigenvalue weighted by Gasteiger charge is -2.04. The molecular formula is C16H14N2O2. The van der Waals surface area contributed by atoms with Gasteiger partial charge in [-0.3, -0.25) is 4.79 Å². The minimum atomic E-state index is -0.0296. The Balaban J connectivity index is 2.02. The van der Waals surface area contributed by atoms with Gasteiger partial charge in [-0.1, -0.05) is 12.1 Å². The molecule has 0 unspecified atom stereocenters. The molecule has 0 atom stereocenters. The SMILES string of the molecule is CNc1cccc(C(=O)c2ccc3nc(C)oc3c2)c1. The Morgan fingerprint density at radius 1 is 1.15 bits per heavy atom. The lowest BCUT2D eigenvalue weighted by Crippen LogP contribution is -2.01. The normalized spacial score (nSPS) is 10.7. The molecule has 0 saturated heterocycles. The van der Waals surface area contributed by atoms with Crippen molar-refractivity contribution in [3.63, 3.8) is 0 Å². The van der Waals surface area contributed by atoms with Crippen LogP contribution in [0.1, 0.15) is 21.8 Å². The average Bonchev–Trinajstić information content (AvgIpc) is 2.85. The Hall–Kier alpha value is -2.62. The van der Waals surface area contributed by atoms with Crippen LogP contribution in [0, 0.1) is 6.92 Å². The van der Waals surface area contributed by atoms with Gasteiger partial charge in [0.1, 0.15) is 5.52 Å². The van der Waals surface area contributed by atoms with Crippen LogP contribution in [-0.2, 0) is 0 Å². The number of nitrogens with zero attached hydrogens (tertiary/aromatic N) is 1. The van der Waals surface area contributed by atoms with Crippen molar-refractivity contribution >= 4 is 22.6 Å². The summed E-state index contributed by atoms with van der Waals surface area (Å²) in [5.41, 5.74) is 3.56. The molecule has 4 heteroatoms. The summed E-state index contributed by atoms with van der Waals surface area (Å²) < 4.78 is 5.46. The van der Waals surface area contributed by atoms with Gasteiger partial charge < -0.3 is 9.73 Å². The predicted molar refractivity (Wildman–Crippen MR) is 78.2 cm³/mol. The standard InChI is InChI=1S/C16H14N2O2/c1-10-18-14-7-6-12(9-15(14)20-10)16(19)11-4-3-5-13(8-11)17-2/h3-9,17H,1-2H3. The van der Waals surface area contributed by atoms with E-state index in [0.29, 0.717) is 22.6 Å². The molecule has 0 aliphatic rings. The molecule has 0 spiro atoms. The summed E-state index contributed by atoms with van der Waals surface area (Å²) in [6.45, 7) is 1.79. The van der Waals surface area contributed by atoms with E-state index in [2.05, 4.69) is 10.3 Å². The van der Waals surface area contributed by atoms with Crippen molar-refractivity contribution in [2.45, 2.75) is 6.92 Å². The van der Waals surface area contributed by atoms with E-state index in [1.165, 1.54) is 0 Å². The van der Waals surface area contributed by atoms with Gasteiger partial charge in [0.25, 0.3) is 0 Å². The second-order valence-corrected chi connectivity index (χ2v) is 4.58. The summed E-state index contributed by atoms with van der Waals surface area (Å²) in [4.78, 5) is 16.7. The van der Waals surface area contributed by atoms with Crippen LogP contribution in [-0.4, -0.2) is 17.8 Å². The van der Waals surface area contributed by atoms with Crippen LogP contribution in [0.2, 0.25) is 0 Å². The van der Waals surface area contributed by atoms with E-state index in [1.54, 1.807) is 31.2 Å². The maximum absolute atomic E-state index is 12.5. The Morgan fingerprint density at radius 2 is 1.95 bits per heavy atom. The average molecular weight is 266 g/mol. The highest BCUT2D eigenvalue weighted by Gasteiger charge is 2.12. The number of benzene rings is 2. The molecule has 0 radical (unpaired) electrons. The molecule has 1 N–H and O–H groups in total. The maximum atomic E-state index is 12.5. The van der Waals surface area contributed by atoms with Crippen molar-refractivity contribution in [2.24, 2.45) is 0 Å². The van der Waals surface area contributed by atoms with E-state index in [1.807, 2.05) is 25.2 Å². The van der Waals surface area contributed by atoms with Gasteiger partial charge in [-0.2, -0.15) is 0 Å². The van der Waals surface area contributed by atoms with Crippen molar-refractivity contribution in [1.82, 2.24) is 4.98 Å². The van der Waals surface area contributed by atoms with Crippen LogP contribution in [0.15, 0.2) is 46.9 Å². The monoisotopic (exact) mass is 266 g/mol. The van der Waals surface area contributed by atoms with Gasteiger partial charge in [0.2, 0.25) is 0 Å². The molecule has 0 amide bonds. The number of hydrogen-bond acceptors (Lipinski definition) is 4. The van der Waals surface area contributed by atoms with Crippen LogP contribution in [0.3, 0.4) is 0 Å². The molecule has 0 bridgehead atoms. The van der Waals surface area contributed by atoms with Gasteiger partial charge in [0.15, 0.2) is 17.3 Å². The highest BCUT2D eigenvalue weighted by Crippen LogP contribution is 2.20. The molecule has 3 rings (SSSR count). The summed E-state index contributed by atoms with van der Waals surface area (Å²) in [5, 5.41) is 3.03. The first kappa shape index (κ1) is 12.4. The van der Waals surface area contributed by atoms with Gasteiger partial charge in [0, 0.05) is 30.8 Å². The molecule has 0 saturated carbocycles. The second-order valence-electron chi connectivity index (χ2n) is 4.58. The number of aryl methyl sites for hydroxylation is 1. The fraction of sp³-hybridized carbons (Fsp3) is 0.125. The molecule has 3 aromatic rings. The second kappa shape index (κ2) is 4.81. The number of anilines is 1. The van der Waals surface area contributed by atoms with Crippen LogP contribution in [0.4, 0.5) is 5.69 Å². The Morgan fingerprint density at radius 3 is 2.75 bits per heavy atom. The lowest BCUT2D eigenvalue weighted by atomic mass is 10.0. The Labute approximate surface area is 116 Å². The lowest BCUT2D eigenvalue weighted by molar-refractivity contribution is 0.103. The number of aromatic nitrogens is 1. The van der Waals surface area contributed by atoms with Crippen molar-refractivity contribution in [2.75, 3.05) is 12.4 Å². The summed E-state index contributed by atoms with van der Waals surface area (Å²) in [6.07, 6.45) is 0. The minimum Gasteiger partial charge on any atom is -0.441 e. The summed E-state index contributed by atoms with van der Waals surface area (Å²) in [5.74, 6) is 0.569. The van der Waals surface area contributed by atoms with Crippen LogP contribution in [0.25, 0.3) is 11.1 Å².